The van der Waals surface area contributed by atoms with E-state index < -0.39 is 0 Å². The molecule has 1 unspecified atom stereocenters. The average Bonchev–Trinajstić information content (AvgIpc) is 3.14. The minimum Gasteiger partial charge on any atom is -0.381 e. The molecule has 0 bridgehead atoms. The van der Waals surface area contributed by atoms with Gasteiger partial charge in [0.2, 0.25) is 0 Å². The van der Waals surface area contributed by atoms with Crippen molar-refractivity contribution in [3.8, 4) is 0 Å². The fraction of sp³-hybridized carbons (Fsp3) is 1.00. The molecule has 2 saturated heterocycles. The van der Waals surface area contributed by atoms with E-state index in [1.165, 1.54) is 51.7 Å². The molecule has 1 atom stereocenters. The zero-order valence-electron chi connectivity index (χ0n) is 12.7. The standard InChI is InChI=1S/C16H30N2O/c1-15(2)7-8-18(11-15)12-16(6-3-9-19-13-16)10-17-14-4-5-14/h14,17H,3-13H2,1-2H3. The number of nitrogens with one attached hydrogen (secondary N) is 1. The van der Waals surface area contributed by atoms with Gasteiger partial charge in [-0.3, -0.25) is 0 Å². The molecule has 3 rings (SSSR count). The number of rotatable bonds is 5. The van der Waals surface area contributed by atoms with E-state index in [1.54, 1.807) is 0 Å². The molecule has 2 aliphatic heterocycles. The zero-order valence-corrected chi connectivity index (χ0v) is 12.7. The SMILES string of the molecule is CC1(C)CCN(CC2(CNC3CC3)CCCOC2)C1. The number of hydrogen-bond acceptors (Lipinski definition) is 3. The minimum atomic E-state index is 0.376. The molecule has 1 N–H and O–H groups in total. The fourth-order valence-electron chi connectivity index (χ4n) is 3.71. The number of hydrogen-bond donors (Lipinski definition) is 1. The number of nitrogens with zero attached hydrogens (tertiary/aromatic N) is 1. The lowest BCUT2D eigenvalue weighted by Crippen LogP contribution is -2.49. The highest BCUT2D eigenvalue weighted by molar-refractivity contribution is 4.93. The molecule has 1 saturated carbocycles. The third-order valence-electron chi connectivity index (χ3n) is 5.06. The molecule has 1 aliphatic carbocycles. The molecule has 0 amide bonds. The van der Waals surface area contributed by atoms with Crippen LogP contribution in [-0.2, 0) is 4.74 Å². The van der Waals surface area contributed by atoms with Crippen molar-refractivity contribution in [1.82, 2.24) is 10.2 Å². The highest BCUT2D eigenvalue weighted by Gasteiger charge is 2.39. The Balaban J connectivity index is 1.58. The zero-order chi connectivity index (χ0) is 13.3. The van der Waals surface area contributed by atoms with Crippen LogP contribution in [0.15, 0.2) is 0 Å². The molecule has 3 nitrogen and oxygen atoms in total. The molecule has 110 valence electrons. The molecule has 0 aromatic heterocycles. The van der Waals surface area contributed by atoms with Gasteiger partial charge in [0.25, 0.3) is 0 Å². The first-order valence-corrected chi connectivity index (χ1v) is 8.11. The van der Waals surface area contributed by atoms with Crippen LogP contribution in [0.2, 0.25) is 0 Å². The summed E-state index contributed by atoms with van der Waals surface area (Å²) in [5, 5.41) is 3.76. The Morgan fingerprint density at radius 2 is 2.11 bits per heavy atom. The van der Waals surface area contributed by atoms with Crippen molar-refractivity contribution < 1.29 is 4.74 Å². The van der Waals surface area contributed by atoms with Gasteiger partial charge in [-0.2, -0.15) is 0 Å². The highest BCUT2D eigenvalue weighted by atomic mass is 16.5. The molecule has 3 heteroatoms. The van der Waals surface area contributed by atoms with Gasteiger partial charge in [0.15, 0.2) is 0 Å². The van der Waals surface area contributed by atoms with E-state index >= 15 is 0 Å². The van der Waals surface area contributed by atoms with Crippen molar-refractivity contribution in [2.24, 2.45) is 10.8 Å². The predicted molar refractivity (Wildman–Crippen MR) is 78.3 cm³/mol. The quantitative estimate of drug-likeness (QED) is 0.826. The van der Waals surface area contributed by atoms with Gasteiger partial charge < -0.3 is 15.0 Å². The lowest BCUT2D eigenvalue weighted by Gasteiger charge is -2.40. The first-order chi connectivity index (χ1) is 9.07. The van der Waals surface area contributed by atoms with Gasteiger partial charge in [-0.15, -0.1) is 0 Å². The van der Waals surface area contributed by atoms with Crippen molar-refractivity contribution in [2.75, 3.05) is 39.4 Å². The maximum atomic E-state index is 5.83. The molecular weight excluding hydrogens is 236 g/mol. The largest absolute Gasteiger partial charge is 0.381 e. The highest BCUT2D eigenvalue weighted by Crippen LogP contribution is 2.35. The summed E-state index contributed by atoms with van der Waals surface area (Å²) in [5.74, 6) is 0. The summed E-state index contributed by atoms with van der Waals surface area (Å²) in [6.07, 6.45) is 6.69. The van der Waals surface area contributed by atoms with Crippen molar-refractivity contribution >= 4 is 0 Å². The molecule has 2 heterocycles. The Labute approximate surface area is 118 Å². The first-order valence-electron chi connectivity index (χ1n) is 8.11. The van der Waals surface area contributed by atoms with Crippen LogP contribution in [0.1, 0.15) is 46.0 Å². The first kappa shape index (κ1) is 13.8. The van der Waals surface area contributed by atoms with Crippen LogP contribution in [-0.4, -0.2) is 50.3 Å². The Bertz CT molecular complexity index is 306. The van der Waals surface area contributed by atoms with Crippen molar-refractivity contribution in [2.45, 2.75) is 52.0 Å². The van der Waals surface area contributed by atoms with Crippen LogP contribution in [0.4, 0.5) is 0 Å². The summed E-state index contributed by atoms with van der Waals surface area (Å²) in [5.41, 5.74) is 0.891. The minimum absolute atomic E-state index is 0.376. The smallest absolute Gasteiger partial charge is 0.0546 e. The summed E-state index contributed by atoms with van der Waals surface area (Å²) in [7, 11) is 0. The van der Waals surface area contributed by atoms with Crippen LogP contribution < -0.4 is 5.32 Å². The maximum Gasteiger partial charge on any atom is 0.0546 e. The van der Waals surface area contributed by atoms with E-state index in [9.17, 15) is 0 Å². The number of ether oxygens (including phenoxy) is 1. The summed E-state index contributed by atoms with van der Waals surface area (Å²) in [4.78, 5) is 2.68. The fourth-order valence-corrected chi connectivity index (χ4v) is 3.71. The second-order valence-corrected chi connectivity index (χ2v) is 7.94. The second-order valence-electron chi connectivity index (χ2n) is 7.94. The van der Waals surface area contributed by atoms with Gasteiger partial charge in [-0.25, -0.2) is 0 Å². The molecule has 0 aromatic carbocycles. The summed E-state index contributed by atoms with van der Waals surface area (Å²) in [6.45, 7) is 11.7. The molecule has 3 aliphatic rings. The van der Waals surface area contributed by atoms with Gasteiger partial charge in [0.1, 0.15) is 0 Å². The van der Waals surface area contributed by atoms with Crippen LogP contribution >= 0.6 is 0 Å². The van der Waals surface area contributed by atoms with Gasteiger partial charge >= 0.3 is 0 Å². The van der Waals surface area contributed by atoms with Crippen molar-refractivity contribution in [3.63, 3.8) is 0 Å². The predicted octanol–water partition coefficient (Wildman–Crippen LogP) is 2.27. The maximum absolute atomic E-state index is 5.83. The summed E-state index contributed by atoms with van der Waals surface area (Å²) in [6, 6.07) is 0.814. The third kappa shape index (κ3) is 3.71. The number of likely N-dealkylation sites (tertiary alicyclic amines) is 1. The van der Waals surface area contributed by atoms with E-state index in [2.05, 4.69) is 24.1 Å². The van der Waals surface area contributed by atoms with Crippen LogP contribution in [0.5, 0.6) is 0 Å². The monoisotopic (exact) mass is 266 g/mol. The third-order valence-corrected chi connectivity index (χ3v) is 5.06. The second kappa shape index (κ2) is 5.34. The Morgan fingerprint density at radius 3 is 2.68 bits per heavy atom. The van der Waals surface area contributed by atoms with E-state index in [-0.39, 0.29) is 0 Å². The lowest BCUT2D eigenvalue weighted by atomic mass is 9.81. The van der Waals surface area contributed by atoms with Crippen molar-refractivity contribution in [3.05, 3.63) is 0 Å². The summed E-state index contributed by atoms with van der Waals surface area (Å²) < 4.78 is 5.83. The van der Waals surface area contributed by atoms with Crippen LogP contribution in [0.25, 0.3) is 0 Å². The molecular formula is C16H30N2O. The van der Waals surface area contributed by atoms with Crippen LogP contribution in [0.3, 0.4) is 0 Å². The molecule has 19 heavy (non-hydrogen) atoms. The Morgan fingerprint density at radius 1 is 1.26 bits per heavy atom. The van der Waals surface area contributed by atoms with Gasteiger partial charge in [0, 0.05) is 37.7 Å². The summed E-state index contributed by atoms with van der Waals surface area (Å²) >= 11 is 0. The normalized spacial score (nSPS) is 35.7. The van der Waals surface area contributed by atoms with E-state index in [1.807, 2.05) is 0 Å². The van der Waals surface area contributed by atoms with E-state index in [4.69, 9.17) is 4.74 Å². The molecule has 0 radical (unpaired) electrons. The molecule has 3 fully saturated rings. The van der Waals surface area contributed by atoms with Gasteiger partial charge in [0.05, 0.1) is 6.61 Å². The van der Waals surface area contributed by atoms with Crippen molar-refractivity contribution in [1.29, 1.82) is 0 Å². The lowest BCUT2D eigenvalue weighted by molar-refractivity contribution is -0.0242. The molecule has 0 aromatic rings. The topological polar surface area (TPSA) is 24.5 Å². The van der Waals surface area contributed by atoms with Gasteiger partial charge in [-0.05, 0) is 44.1 Å². The average molecular weight is 266 g/mol. The van der Waals surface area contributed by atoms with Crippen LogP contribution in [0, 0.1) is 10.8 Å². The Hall–Kier alpha value is -0.120. The van der Waals surface area contributed by atoms with Gasteiger partial charge in [-0.1, -0.05) is 13.8 Å². The van der Waals surface area contributed by atoms with E-state index in [0.717, 1.165) is 25.8 Å². The Kier molecular flexibility index (Phi) is 3.89. The molecule has 0 spiro atoms. The van der Waals surface area contributed by atoms with E-state index in [0.29, 0.717) is 10.8 Å².